The molecule has 120 valence electrons. The third-order valence-electron chi connectivity index (χ3n) is 4.00. The predicted molar refractivity (Wildman–Crippen MR) is 81.9 cm³/mol. The third kappa shape index (κ3) is 2.90. The van der Waals surface area contributed by atoms with Crippen LogP contribution < -0.4 is 10.7 Å². The van der Waals surface area contributed by atoms with Crippen LogP contribution in [0.5, 0.6) is 0 Å². The third-order valence-corrected chi connectivity index (χ3v) is 4.91. The molecule has 0 radical (unpaired) electrons. The van der Waals surface area contributed by atoms with E-state index in [1.807, 2.05) is 0 Å². The van der Waals surface area contributed by atoms with Gasteiger partial charge in [-0.2, -0.15) is 0 Å². The number of fused-ring (bicyclic) bond motifs is 1. The molecule has 1 aliphatic rings. The summed E-state index contributed by atoms with van der Waals surface area (Å²) in [6, 6.07) is 6.88. The van der Waals surface area contributed by atoms with Crippen LogP contribution >= 0.6 is 0 Å². The minimum absolute atomic E-state index is 0.0310. The van der Waals surface area contributed by atoms with Gasteiger partial charge in [0.05, 0.1) is 10.5 Å². The van der Waals surface area contributed by atoms with Gasteiger partial charge in [-0.15, -0.1) is 0 Å². The molecule has 3 rings (SSSR count). The number of nitrogens with two attached hydrogens (primary N) is 1. The summed E-state index contributed by atoms with van der Waals surface area (Å²) in [5.41, 5.74) is 1.47. The highest BCUT2D eigenvalue weighted by Crippen LogP contribution is 2.31. The first-order valence-corrected chi connectivity index (χ1v) is 8.40. The maximum Gasteiger partial charge on any atom is 0.337 e. The van der Waals surface area contributed by atoms with Crippen molar-refractivity contribution in [2.24, 2.45) is 5.14 Å². The number of carboxylic acid groups (broad SMARTS) is 1. The Balaban J connectivity index is 1.98. The number of carbonyl (C=O) groups is 1. The zero-order valence-corrected chi connectivity index (χ0v) is 12.8. The summed E-state index contributed by atoms with van der Waals surface area (Å²) in [5, 5.41) is 14.2. The van der Waals surface area contributed by atoms with E-state index in [0.717, 1.165) is 11.1 Å². The molecule has 0 bridgehead atoms. The van der Waals surface area contributed by atoms with Crippen molar-refractivity contribution in [2.45, 2.75) is 23.8 Å². The lowest BCUT2D eigenvalue weighted by molar-refractivity contribution is 0.0695. The van der Waals surface area contributed by atoms with Gasteiger partial charge >= 0.3 is 5.97 Å². The summed E-state index contributed by atoms with van der Waals surface area (Å²) < 4.78 is 24.2. The molecule has 0 spiro atoms. The molecule has 3 N–H and O–H groups in total. The van der Waals surface area contributed by atoms with Crippen molar-refractivity contribution in [2.75, 3.05) is 0 Å². The van der Waals surface area contributed by atoms with Crippen molar-refractivity contribution in [3.8, 4) is 0 Å². The van der Waals surface area contributed by atoms with Crippen molar-refractivity contribution >= 4 is 16.0 Å². The van der Waals surface area contributed by atoms with Crippen LogP contribution in [0.25, 0.3) is 0 Å². The van der Waals surface area contributed by atoms with Gasteiger partial charge in [0.2, 0.25) is 10.0 Å². The second kappa shape index (κ2) is 5.32. The zero-order valence-electron chi connectivity index (χ0n) is 12.0. The molecule has 0 amide bonds. The van der Waals surface area contributed by atoms with E-state index in [9.17, 15) is 18.0 Å². The van der Waals surface area contributed by atoms with Gasteiger partial charge in [-0.05, 0) is 42.2 Å². The number of rotatable bonds is 3. The summed E-state index contributed by atoms with van der Waals surface area (Å²) in [5.74, 6) is -1.11. The average molecular weight is 334 g/mol. The van der Waals surface area contributed by atoms with Gasteiger partial charge in [-0.3, -0.25) is 4.79 Å². The predicted octanol–water partition coefficient (Wildman–Crippen LogP) is 0.534. The SMILES string of the molecule is NS(=O)(=O)c1ccc2c(c1)CC(n1cc(C(=O)O)ccc1=O)C2. The van der Waals surface area contributed by atoms with E-state index in [1.54, 1.807) is 6.07 Å². The van der Waals surface area contributed by atoms with Gasteiger partial charge in [-0.25, -0.2) is 18.4 Å². The Hall–Kier alpha value is -2.45. The van der Waals surface area contributed by atoms with E-state index >= 15 is 0 Å². The van der Waals surface area contributed by atoms with Crippen molar-refractivity contribution in [1.29, 1.82) is 0 Å². The van der Waals surface area contributed by atoms with Gasteiger partial charge in [-0.1, -0.05) is 6.07 Å². The highest BCUT2D eigenvalue weighted by atomic mass is 32.2. The van der Waals surface area contributed by atoms with Crippen LogP contribution in [0.1, 0.15) is 27.5 Å². The fraction of sp³-hybridized carbons (Fsp3) is 0.200. The number of aromatic carboxylic acids is 1. The van der Waals surface area contributed by atoms with Gasteiger partial charge < -0.3 is 9.67 Å². The number of hydrogen-bond acceptors (Lipinski definition) is 4. The van der Waals surface area contributed by atoms with Gasteiger partial charge in [0.15, 0.2) is 0 Å². The molecular weight excluding hydrogens is 320 g/mol. The maximum absolute atomic E-state index is 12.0. The summed E-state index contributed by atoms with van der Waals surface area (Å²) >= 11 is 0. The standard InChI is InChI=1S/C15H14N2O5S/c16-23(21,22)13-3-1-9-5-12(6-11(9)7-13)17-8-10(15(19)20)2-4-14(17)18/h1-4,7-8,12H,5-6H2,(H,19,20)(H2,16,21,22). The average Bonchev–Trinajstić information content (AvgIpc) is 2.89. The summed E-state index contributed by atoms with van der Waals surface area (Å²) in [4.78, 5) is 23.1. The quantitative estimate of drug-likeness (QED) is 0.848. The Morgan fingerprint density at radius 3 is 2.52 bits per heavy atom. The van der Waals surface area contributed by atoms with Gasteiger partial charge in [0.25, 0.3) is 5.56 Å². The number of sulfonamides is 1. The first-order chi connectivity index (χ1) is 10.8. The highest BCUT2D eigenvalue weighted by Gasteiger charge is 2.25. The largest absolute Gasteiger partial charge is 0.478 e. The lowest BCUT2D eigenvalue weighted by Gasteiger charge is -2.13. The topological polar surface area (TPSA) is 119 Å². The van der Waals surface area contributed by atoms with Crippen LogP contribution in [0.2, 0.25) is 0 Å². The lowest BCUT2D eigenvalue weighted by Crippen LogP contribution is -2.25. The molecule has 0 saturated carbocycles. The normalized spacial score (nSPS) is 17.0. The molecule has 1 aromatic heterocycles. The van der Waals surface area contributed by atoms with Crippen molar-refractivity contribution in [1.82, 2.24) is 4.57 Å². The minimum Gasteiger partial charge on any atom is -0.478 e. The summed E-state index contributed by atoms with van der Waals surface area (Å²) in [6.45, 7) is 0. The fourth-order valence-corrected chi connectivity index (χ4v) is 3.42. The number of pyridine rings is 1. The van der Waals surface area contributed by atoms with Crippen molar-refractivity contribution in [3.05, 3.63) is 63.6 Å². The number of nitrogens with zero attached hydrogens (tertiary/aromatic N) is 1. The van der Waals surface area contributed by atoms with E-state index in [0.29, 0.717) is 12.8 Å². The molecule has 23 heavy (non-hydrogen) atoms. The lowest BCUT2D eigenvalue weighted by atomic mass is 10.1. The van der Waals surface area contributed by atoms with E-state index in [4.69, 9.17) is 10.2 Å². The van der Waals surface area contributed by atoms with Crippen molar-refractivity contribution in [3.63, 3.8) is 0 Å². The van der Waals surface area contributed by atoms with Crippen LogP contribution in [-0.4, -0.2) is 24.1 Å². The molecule has 1 atom stereocenters. The molecule has 0 fully saturated rings. The second-order valence-corrected chi connectivity index (χ2v) is 7.07. The van der Waals surface area contributed by atoms with E-state index < -0.39 is 16.0 Å². The molecule has 1 aliphatic carbocycles. The smallest absolute Gasteiger partial charge is 0.337 e. The molecular formula is C15H14N2O5S. The molecule has 0 aliphatic heterocycles. The first kappa shape index (κ1) is 15.4. The van der Waals surface area contributed by atoms with Crippen LogP contribution in [0, 0.1) is 0 Å². The molecule has 8 heteroatoms. The Kier molecular flexibility index (Phi) is 3.57. The molecule has 7 nitrogen and oxygen atoms in total. The number of hydrogen-bond donors (Lipinski definition) is 2. The van der Waals surface area contributed by atoms with E-state index in [2.05, 4.69) is 0 Å². The first-order valence-electron chi connectivity index (χ1n) is 6.86. The Bertz CT molecular complexity index is 962. The summed E-state index contributed by atoms with van der Waals surface area (Å²) in [6.07, 6.45) is 2.30. The van der Waals surface area contributed by atoms with Crippen LogP contribution in [0.4, 0.5) is 0 Å². The number of aromatic nitrogens is 1. The molecule has 1 unspecified atom stereocenters. The van der Waals surface area contributed by atoms with Crippen LogP contribution in [-0.2, 0) is 22.9 Å². The number of benzene rings is 1. The molecule has 1 aromatic carbocycles. The molecule has 0 saturated heterocycles. The van der Waals surface area contributed by atoms with Gasteiger partial charge in [0.1, 0.15) is 0 Å². The maximum atomic E-state index is 12.0. The number of primary sulfonamides is 1. The molecule has 1 heterocycles. The second-order valence-electron chi connectivity index (χ2n) is 5.51. The monoisotopic (exact) mass is 334 g/mol. The highest BCUT2D eigenvalue weighted by molar-refractivity contribution is 7.89. The van der Waals surface area contributed by atoms with Crippen LogP contribution in [0.3, 0.4) is 0 Å². The summed E-state index contributed by atoms with van der Waals surface area (Å²) in [7, 11) is -3.78. The Morgan fingerprint density at radius 2 is 1.87 bits per heavy atom. The van der Waals surface area contributed by atoms with E-state index in [1.165, 1.54) is 35.0 Å². The Morgan fingerprint density at radius 1 is 1.17 bits per heavy atom. The molecule has 2 aromatic rings. The van der Waals surface area contributed by atoms with Gasteiger partial charge in [0, 0.05) is 18.3 Å². The minimum atomic E-state index is -3.78. The number of carboxylic acids is 1. The van der Waals surface area contributed by atoms with Crippen molar-refractivity contribution < 1.29 is 18.3 Å². The van der Waals surface area contributed by atoms with Crippen LogP contribution in [0.15, 0.2) is 46.2 Å². The zero-order chi connectivity index (χ0) is 16.8. The Labute approximate surface area is 132 Å². The van der Waals surface area contributed by atoms with E-state index in [-0.39, 0.29) is 22.1 Å². The fourth-order valence-electron chi connectivity index (χ4n) is 2.86.